The van der Waals surface area contributed by atoms with Crippen LogP contribution < -0.4 is 0 Å². The second-order valence-electron chi connectivity index (χ2n) is 8.79. The van der Waals surface area contributed by atoms with Crippen molar-refractivity contribution in [3.05, 3.63) is 12.2 Å². The van der Waals surface area contributed by atoms with Gasteiger partial charge in [0.15, 0.2) is 5.78 Å². The Labute approximate surface area is 150 Å². The largest absolute Gasteiger partial charge is 0.508 e. The zero-order valence-corrected chi connectivity index (χ0v) is 15.4. The lowest BCUT2D eigenvalue weighted by atomic mass is 9.51. The lowest BCUT2D eigenvalue weighted by molar-refractivity contribution is -0.118. The Kier molecular flexibility index (Phi) is 4.41. The Morgan fingerprint density at radius 1 is 1.20 bits per heavy atom. The number of carbonyl (C=O) groups excluding carboxylic acids is 2. The fourth-order valence-electron chi connectivity index (χ4n) is 6.65. The van der Waals surface area contributed by atoms with Gasteiger partial charge in [-0.15, -0.1) is 0 Å². The van der Waals surface area contributed by atoms with Crippen LogP contribution in [0.1, 0.15) is 58.8 Å². The van der Waals surface area contributed by atoms with Gasteiger partial charge in [0, 0.05) is 11.8 Å². The first kappa shape index (κ1) is 17.1. The standard InChI is InChI=1S/C21H30O4/c1-3-24-20(23)25-19-9-8-18-17-6-4-13-12-14(22)5-7-15(13)16(17)10-11-21(18,19)2/h5,7,13,15-19H,3-4,6,8-12H2,1-2H3/t13?,15-,16+,17+,18-,19-,21-/m0/s1. The number of rotatable bonds is 2. The normalized spacial score (nSPS) is 45.3. The Morgan fingerprint density at radius 3 is 2.84 bits per heavy atom. The molecule has 0 aliphatic heterocycles. The van der Waals surface area contributed by atoms with Crippen LogP contribution in [-0.2, 0) is 14.3 Å². The summed E-state index contributed by atoms with van der Waals surface area (Å²) in [5.74, 6) is 3.53. The van der Waals surface area contributed by atoms with Gasteiger partial charge in [0.25, 0.3) is 0 Å². The maximum atomic E-state index is 11.8. The number of allylic oxidation sites excluding steroid dienone is 2. The van der Waals surface area contributed by atoms with Crippen molar-refractivity contribution in [1.29, 1.82) is 0 Å². The summed E-state index contributed by atoms with van der Waals surface area (Å²) in [5, 5.41) is 0. The van der Waals surface area contributed by atoms with Crippen LogP contribution in [0.3, 0.4) is 0 Å². The van der Waals surface area contributed by atoms with Gasteiger partial charge in [-0.05, 0) is 81.1 Å². The highest BCUT2D eigenvalue weighted by atomic mass is 16.7. The van der Waals surface area contributed by atoms with Crippen LogP contribution in [0, 0.1) is 35.0 Å². The summed E-state index contributed by atoms with van der Waals surface area (Å²) in [6.07, 6.45) is 11.1. The first-order valence-electron chi connectivity index (χ1n) is 10.1. The maximum Gasteiger partial charge on any atom is 0.508 e. The van der Waals surface area contributed by atoms with Gasteiger partial charge in [-0.1, -0.05) is 13.0 Å². The maximum absolute atomic E-state index is 11.8. The molecule has 4 aliphatic carbocycles. The Hall–Kier alpha value is -1.32. The zero-order chi connectivity index (χ0) is 17.6. The van der Waals surface area contributed by atoms with Crippen molar-refractivity contribution in [2.75, 3.05) is 6.61 Å². The van der Waals surface area contributed by atoms with Gasteiger partial charge >= 0.3 is 6.16 Å². The molecule has 0 saturated heterocycles. The molecule has 0 spiro atoms. The second kappa shape index (κ2) is 6.44. The van der Waals surface area contributed by atoms with Gasteiger partial charge in [0.05, 0.1) is 6.61 Å². The van der Waals surface area contributed by atoms with E-state index in [-0.39, 0.29) is 11.5 Å². The molecule has 7 atom stereocenters. The van der Waals surface area contributed by atoms with E-state index in [9.17, 15) is 9.59 Å². The Bertz CT molecular complexity index is 582. The van der Waals surface area contributed by atoms with E-state index >= 15 is 0 Å². The molecular formula is C21H30O4. The molecule has 3 saturated carbocycles. The van der Waals surface area contributed by atoms with Crippen LogP contribution in [0.25, 0.3) is 0 Å². The molecule has 0 amide bonds. The summed E-state index contributed by atoms with van der Waals surface area (Å²) >= 11 is 0. The van der Waals surface area contributed by atoms with Crippen molar-refractivity contribution in [1.82, 2.24) is 0 Å². The summed E-state index contributed by atoms with van der Waals surface area (Å²) in [4.78, 5) is 23.6. The molecule has 138 valence electrons. The fourth-order valence-corrected chi connectivity index (χ4v) is 6.65. The average molecular weight is 346 g/mol. The lowest BCUT2D eigenvalue weighted by Crippen LogP contribution is -2.49. The minimum absolute atomic E-state index is 0.00120. The fraction of sp³-hybridized carbons (Fsp3) is 0.810. The van der Waals surface area contributed by atoms with Gasteiger partial charge in [-0.2, -0.15) is 0 Å². The molecule has 4 heteroatoms. The molecule has 0 bridgehead atoms. The third-order valence-electron chi connectivity index (χ3n) is 7.78. The van der Waals surface area contributed by atoms with E-state index in [1.807, 2.05) is 13.0 Å². The number of hydrogen-bond donors (Lipinski definition) is 0. The highest BCUT2D eigenvalue weighted by molar-refractivity contribution is 5.90. The highest BCUT2D eigenvalue weighted by Gasteiger charge is 2.58. The molecule has 0 radical (unpaired) electrons. The molecular weight excluding hydrogens is 316 g/mol. The van der Waals surface area contributed by atoms with E-state index in [4.69, 9.17) is 9.47 Å². The van der Waals surface area contributed by atoms with E-state index in [1.165, 1.54) is 19.3 Å². The second-order valence-corrected chi connectivity index (χ2v) is 8.79. The van der Waals surface area contributed by atoms with Gasteiger partial charge < -0.3 is 9.47 Å². The first-order chi connectivity index (χ1) is 12.0. The minimum Gasteiger partial charge on any atom is -0.435 e. The molecule has 1 unspecified atom stereocenters. The van der Waals surface area contributed by atoms with Crippen molar-refractivity contribution in [3.8, 4) is 0 Å². The molecule has 0 aromatic heterocycles. The van der Waals surface area contributed by atoms with Crippen molar-refractivity contribution < 1.29 is 19.1 Å². The van der Waals surface area contributed by atoms with Crippen LogP contribution >= 0.6 is 0 Å². The minimum atomic E-state index is -0.506. The van der Waals surface area contributed by atoms with Gasteiger partial charge in [-0.25, -0.2) is 4.79 Å². The predicted molar refractivity (Wildman–Crippen MR) is 93.9 cm³/mol. The predicted octanol–water partition coefficient (Wildman–Crippen LogP) is 4.53. The topological polar surface area (TPSA) is 52.6 Å². The summed E-state index contributed by atoms with van der Waals surface area (Å²) in [6.45, 7) is 4.51. The van der Waals surface area contributed by atoms with Crippen molar-refractivity contribution >= 4 is 11.9 Å². The number of ketones is 1. The number of hydrogen-bond acceptors (Lipinski definition) is 4. The monoisotopic (exact) mass is 346 g/mol. The smallest absolute Gasteiger partial charge is 0.435 e. The van der Waals surface area contributed by atoms with Gasteiger partial charge in [0.1, 0.15) is 6.10 Å². The zero-order valence-electron chi connectivity index (χ0n) is 15.4. The SMILES string of the molecule is CCOC(=O)O[C@H]1CC[C@H]2[C@@H]3CCC4CC(=O)C=C[C@@H]4[C@H]3CC[C@]12C. The molecule has 4 rings (SSSR count). The van der Waals surface area contributed by atoms with Gasteiger partial charge in [0.2, 0.25) is 0 Å². The summed E-state index contributed by atoms with van der Waals surface area (Å²) < 4.78 is 10.7. The van der Waals surface area contributed by atoms with Crippen LogP contribution in [0.5, 0.6) is 0 Å². The quantitative estimate of drug-likeness (QED) is 0.690. The van der Waals surface area contributed by atoms with Crippen molar-refractivity contribution in [3.63, 3.8) is 0 Å². The molecule has 3 fully saturated rings. The molecule has 25 heavy (non-hydrogen) atoms. The van der Waals surface area contributed by atoms with E-state index in [0.29, 0.717) is 42.0 Å². The van der Waals surface area contributed by atoms with Crippen LogP contribution in [-0.4, -0.2) is 24.6 Å². The molecule has 4 aliphatic rings. The first-order valence-corrected chi connectivity index (χ1v) is 10.1. The highest BCUT2D eigenvalue weighted by Crippen LogP contribution is 2.62. The van der Waals surface area contributed by atoms with E-state index in [2.05, 4.69) is 13.0 Å². The molecule has 0 heterocycles. The molecule has 0 aromatic carbocycles. The van der Waals surface area contributed by atoms with E-state index in [0.717, 1.165) is 25.7 Å². The van der Waals surface area contributed by atoms with E-state index in [1.54, 1.807) is 0 Å². The summed E-state index contributed by atoms with van der Waals surface area (Å²) in [6, 6.07) is 0. The van der Waals surface area contributed by atoms with Crippen LogP contribution in [0.2, 0.25) is 0 Å². The van der Waals surface area contributed by atoms with Crippen LogP contribution in [0.15, 0.2) is 12.2 Å². The van der Waals surface area contributed by atoms with Crippen molar-refractivity contribution in [2.45, 2.75) is 64.9 Å². The number of ether oxygens (including phenoxy) is 2. The average Bonchev–Trinajstić information content (AvgIpc) is 2.91. The number of carbonyl (C=O) groups is 2. The third kappa shape index (κ3) is 2.82. The lowest BCUT2D eigenvalue weighted by Gasteiger charge is -2.54. The molecule has 4 nitrogen and oxygen atoms in total. The van der Waals surface area contributed by atoms with Crippen molar-refractivity contribution in [2.24, 2.45) is 35.0 Å². The Morgan fingerprint density at radius 2 is 2.04 bits per heavy atom. The summed E-state index contributed by atoms with van der Waals surface area (Å²) in [7, 11) is 0. The van der Waals surface area contributed by atoms with E-state index < -0.39 is 6.16 Å². The molecule has 0 N–H and O–H groups in total. The summed E-state index contributed by atoms with van der Waals surface area (Å²) in [5.41, 5.74) is 0.0922. The van der Waals surface area contributed by atoms with Gasteiger partial charge in [-0.3, -0.25) is 4.79 Å². The number of fused-ring (bicyclic) bond motifs is 5. The van der Waals surface area contributed by atoms with Crippen LogP contribution in [0.4, 0.5) is 4.79 Å². The third-order valence-corrected chi connectivity index (χ3v) is 7.78. The Balaban J connectivity index is 1.51. The molecule has 0 aromatic rings.